The summed E-state index contributed by atoms with van der Waals surface area (Å²) in [7, 11) is 0. The second kappa shape index (κ2) is 4.89. The molecule has 0 aromatic heterocycles. The van der Waals surface area contributed by atoms with Crippen molar-refractivity contribution in [3.63, 3.8) is 0 Å². The summed E-state index contributed by atoms with van der Waals surface area (Å²) in [5.41, 5.74) is 11.1. The molecule has 0 atom stereocenters. The molecule has 0 spiro atoms. The Labute approximate surface area is 129 Å². The Morgan fingerprint density at radius 3 is 2.15 bits per heavy atom. The fourth-order valence-electron chi connectivity index (χ4n) is 3.46. The number of halogens is 1. The summed E-state index contributed by atoms with van der Waals surface area (Å²) in [5.74, 6) is 0. The number of rotatable bonds is 1. The highest BCUT2D eigenvalue weighted by atomic mass is 79.9. The molecule has 1 aliphatic rings. The summed E-state index contributed by atoms with van der Waals surface area (Å²) in [6.45, 7) is 8.83. The van der Waals surface area contributed by atoms with Crippen LogP contribution in [-0.2, 0) is 6.42 Å². The minimum atomic E-state index is 1.05. The van der Waals surface area contributed by atoms with Crippen molar-refractivity contribution in [1.29, 1.82) is 0 Å². The molecule has 2 aromatic carbocycles. The molecule has 1 heteroatoms. The van der Waals surface area contributed by atoms with Gasteiger partial charge < -0.3 is 0 Å². The van der Waals surface area contributed by atoms with Crippen LogP contribution < -0.4 is 0 Å². The van der Waals surface area contributed by atoms with Gasteiger partial charge in [0.05, 0.1) is 0 Å². The molecule has 102 valence electrons. The zero-order valence-electron chi connectivity index (χ0n) is 12.5. The number of benzene rings is 2. The van der Waals surface area contributed by atoms with Crippen molar-refractivity contribution in [3.8, 4) is 11.1 Å². The summed E-state index contributed by atoms with van der Waals surface area (Å²) in [5, 5.41) is 0. The Kier molecular flexibility index (Phi) is 3.33. The molecule has 1 aliphatic carbocycles. The highest BCUT2D eigenvalue weighted by molar-refractivity contribution is 9.10. The van der Waals surface area contributed by atoms with E-state index < -0.39 is 0 Å². The van der Waals surface area contributed by atoms with Crippen molar-refractivity contribution in [2.45, 2.75) is 34.1 Å². The van der Waals surface area contributed by atoms with Crippen LogP contribution in [0.5, 0.6) is 0 Å². The number of aryl methyl sites for hydroxylation is 3. The van der Waals surface area contributed by atoms with E-state index in [9.17, 15) is 0 Å². The van der Waals surface area contributed by atoms with E-state index in [2.05, 4.69) is 74.0 Å². The maximum absolute atomic E-state index is 3.67. The van der Waals surface area contributed by atoms with E-state index in [1.54, 1.807) is 0 Å². The Balaban J connectivity index is 2.34. The lowest BCUT2D eigenvalue weighted by Crippen LogP contribution is -1.95. The number of allylic oxidation sites excluding steroid dienone is 2. The zero-order chi connectivity index (χ0) is 14.4. The third-order valence-electron chi connectivity index (χ3n) is 4.15. The Bertz CT molecular complexity index is 713. The minimum absolute atomic E-state index is 1.05. The van der Waals surface area contributed by atoms with Crippen LogP contribution in [0.2, 0.25) is 0 Å². The SMILES string of the molecule is CC1=CCc2cc(Br)cc(-c3c(C)cc(C)cc3C)c21. The van der Waals surface area contributed by atoms with Crippen molar-refractivity contribution in [3.05, 3.63) is 62.6 Å². The van der Waals surface area contributed by atoms with Crippen molar-refractivity contribution in [2.75, 3.05) is 0 Å². The third kappa shape index (κ3) is 2.14. The summed E-state index contributed by atoms with van der Waals surface area (Å²) < 4.78 is 1.17. The summed E-state index contributed by atoms with van der Waals surface area (Å²) in [6, 6.07) is 9.09. The first-order valence-electron chi connectivity index (χ1n) is 7.05. The van der Waals surface area contributed by atoms with Gasteiger partial charge in [0.15, 0.2) is 0 Å². The molecule has 0 amide bonds. The van der Waals surface area contributed by atoms with Crippen LogP contribution in [0.15, 0.2) is 34.8 Å². The molecule has 0 nitrogen and oxygen atoms in total. The number of hydrogen-bond donors (Lipinski definition) is 0. The molecule has 0 N–H and O–H groups in total. The van der Waals surface area contributed by atoms with Crippen LogP contribution in [0.3, 0.4) is 0 Å². The van der Waals surface area contributed by atoms with Crippen LogP contribution in [0.4, 0.5) is 0 Å². The molecule has 0 saturated carbocycles. The van der Waals surface area contributed by atoms with Gasteiger partial charge >= 0.3 is 0 Å². The number of fused-ring (bicyclic) bond motifs is 1. The van der Waals surface area contributed by atoms with Gasteiger partial charge in [-0.1, -0.05) is 39.7 Å². The molecule has 0 heterocycles. The van der Waals surface area contributed by atoms with Gasteiger partial charge in [0.2, 0.25) is 0 Å². The lowest BCUT2D eigenvalue weighted by Gasteiger charge is -2.17. The van der Waals surface area contributed by atoms with Gasteiger partial charge in [-0.2, -0.15) is 0 Å². The largest absolute Gasteiger partial charge is 0.0765 e. The average molecular weight is 327 g/mol. The van der Waals surface area contributed by atoms with Gasteiger partial charge in [-0.25, -0.2) is 0 Å². The van der Waals surface area contributed by atoms with Crippen LogP contribution in [0.25, 0.3) is 16.7 Å². The molecule has 20 heavy (non-hydrogen) atoms. The fraction of sp³-hybridized carbons (Fsp3) is 0.263. The van der Waals surface area contributed by atoms with Gasteiger partial charge in [0.25, 0.3) is 0 Å². The van der Waals surface area contributed by atoms with E-state index in [1.165, 1.54) is 49.0 Å². The zero-order valence-corrected chi connectivity index (χ0v) is 14.1. The van der Waals surface area contributed by atoms with Crippen molar-refractivity contribution < 1.29 is 0 Å². The maximum Gasteiger partial charge on any atom is 0.0184 e. The Morgan fingerprint density at radius 2 is 1.50 bits per heavy atom. The normalized spacial score (nSPS) is 13.3. The lowest BCUT2D eigenvalue weighted by molar-refractivity contribution is 1.28. The summed E-state index contributed by atoms with van der Waals surface area (Å²) >= 11 is 3.67. The van der Waals surface area contributed by atoms with Gasteiger partial charge in [-0.15, -0.1) is 0 Å². The molecule has 3 rings (SSSR count). The van der Waals surface area contributed by atoms with E-state index in [0.29, 0.717) is 0 Å². The van der Waals surface area contributed by atoms with Gasteiger partial charge in [-0.05, 0) is 85.2 Å². The topological polar surface area (TPSA) is 0 Å². The first-order valence-corrected chi connectivity index (χ1v) is 7.84. The van der Waals surface area contributed by atoms with E-state index in [0.717, 1.165) is 6.42 Å². The van der Waals surface area contributed by atoms with Crippen molar-refractivity contribution >= 4 is 21.5 Å². The smallest absolute Gasteiger partial charge is 0.0184 e. The lowest BCUT2D eigenvalue weighted by atomic mass is 9.88. The van der Waals surface area contributed by atoms with E-state index in [1.807, 2.05) is 0 Å². The molecule has 0 unspecified atom stereocenters. The Hall–Kier alpha value is -1.34. The first-order chi connectivity index (χ1) is 9.47. The van der Waals surface area contributed by atoms with Gasteiger partial charge in [0, 0.05) is 4.47 Å². The standard InChI is InChI=1S/C19H19Br/c1-11-7-13(3)18(14(4)8-11)17-10-16(20)9-15-6-5-12(2)19(15)17/h5,7-10H,6H2,1-4H3. The molecular formula is C19H19Br. The van der Waals surface area contributed by atoms with Crippen LogP contribution >= 0.6 is 15.9 Å². The molecule has 2 aromatic rings. The van der Waals surface area contributed by atoms with E-state index in [4.69, 9.17) is 0 Å². The second-order valence-corrected chi connectivity index (χ2v) is 6.77. The van der Waals surface area contributed by atoms with Gasteiger partial charge in [-0.3, -0.25) is 0 Å². The summed E-state index contributed by atoms with van der Waals surface area (Å²) in [6.07, 6.45) is 3.39. The average Bonchev–Trinajstić information content (AvgIpc) is 2.69. The van der Waals surface area contributed by atoms with Crippen LogP contribution in [0.1, 0.15) is 34.7 Å². The van der Waals surface area contributed by atoms with Gasteiger partial charge in [0.1, 0.15) is 0 Å². The second-order valence-electron chi connectivity index (χ2n) is 5.85. The first kappa shape index (κ1) is 13.6. The monoisotopic (exact) mass is 326 g/mol. The molecule has 0 radical (unpaired) electrons. The molecule has 0 aliphatic heterocycles. The van der Waals surface area contributed by atoms with Crippen molar-refractivity contribution in [2.24, 2.45) is 0 Å². The van der Waals surface area contributed by atoms with Crippen LogP contribution in [0, 0.1) is 20.8 Å². The highest BCUT2D eigenvalue weighted by Crippen LogP contribution is 2.40. The van der Waals surface area contributed by atoms with E-state index in [-0.39, 0.29) is 0 Å². The molecule has 0 bridgehead atoms. The third-order valence-corrected chi connectivity index (χ3v) is 4.61. The maximum atomic E-state index is 3.67. The molecule has 0 saturated heterocycles. The predicted octanol–water partition coefficient (Wildman–Crippen LogP) is 6.00. The Morgan fingerprint density at radius 1 is 0.850 bits per heavy atom. The molecular weight excluding hydrogens is 308 g/mol. The van der Waals surface area contributed by atoms with Crippen LogP contribution in [-0.4, -0.2) is 0 Å². The predicted molar refractivity (Wildman–Crippen MR) is 91.1 cm³/mol. The minimum Gasteiger partial charge on any atom is -0.0765 e. The van der Waals surface area contributed by atoms with Crippen molar-refractivity contribution in [1.82, 2.24) is 0 Å². The van der Waals surface area contributed by atoms with E-state index >= 15 is 0 Å². The quantitative estimate of drug-likeness (QED) is 0.602. The fourth-order valence-corrected chi connectivity index (χ4v) is 3.96. The highest BCUT2D eigenvalue weighted by Gasteiger charge is 2.19. The molecule has 0 fully saturated rings. The summed E-state index contributed by atoms with van der Waals surface area (Å²) in [4.78, 5) is 0. The number of hydrogen-bond acceptors (Lipinski definition) is 0.